The lowest BCUT2D eigenvalue weighted by molar-refractivity contribution is -0.132. The van der Waals surface area contributed by atoms with Crippen LogP contribution in [0.2, 0.25) is 0 Å². The second kappa shape index (κ2) is 10.0. The molecule has 3 aromatic heterocycles. The number of anilines is 1. The lowest BCUT2D eigenvalue weighted by atomic mass is 9.96. The Morgan fingerprint density at radius 3 is 2.54 bits per heavy atom. The quantitative estimate of drug-likeness (QED) is 0.111. The van der Waals surface area contributed by atoms with Crippen molar-refractivity contribution in [3.8, 4) is 5.75 Å². The Balaban J connectivity index is 1.57. The van der Waals surface area contributed by atoms with Crippen molar-refractivity contribution >= 4 is 49.8 Å². The molecule has 1 aliphatic rings. The highest BCUT2D eigenvalue weighted by molar-refractivity contribution is 7.22. The number of nitrogens with zero attached hydrogens (tertiary/aromatic N) is 4. The minimum atomic E-state index is -0.921. The second-order valence-electron chi connectivity index (χ2n) is 10.2. The van der Waals surface area contributed by atoms with Gasteiger partial charge < -0.3 is 14.2 Å². The molecular weight excluding hydrogens is 536 g/mol. The minimum Gasteiger partial charge on any atom is -0.505 e. The maximum Gasteiger partial charge on any atom is 0.301 e. The number of aromatic nitrogens is 3. The summed E-state index contributed by atoms with van der Waals surface area (Å²) in [6.45, 7) is 11.8. The molecule has 5 aromatic rings. The van der Waals surface area contributed by atoms with Crippen LogP contribution >= 0.6 is 11.3 Å². The second-order valence-corrected chi connectivity index (χ2v) is 11.2. The van der Waals surface area contributed by atoms with Crippen molar-refractivity contribution in [1.82, 2.24) is 14.4 Å². The number of carbonyl (C=O) groups is 2. The summed E-state index contributed by atoms with van der Waals surface area (Å²) in [5.41, 5.74) is 5.92. The summed E-state index contributed by atoms with van der Waals surface area (Å²) in [5.74, 6) is -1.26. The summed E-state index contributed by atoms with van der Waals surface area (Å²) in [5, 5.41) is 12.1. The van der Waals surface area contributed by atoms with Crippen molar-refractivity contribution in [3.05, 3.63) is 107 Å². The number of aliphatic hydroxyl groups is 1. The highest BCUT2D eigenvalue weighted by atomic mass is 32.1. The van der Waals surface area contributed by atoms with E-state index in [1.54, 1.807) is 30.3 Å². The number of hydrogen-bond donors (Lipinski definition) is 1. The van der Waals surface area contributed by atoms with Crippen LogP contribution in [0.1, 0.15) is 39.7 Å². The van der Waals surface area contributed by atoms with Gasteiger partial charge in [-0.05, 0) is 74.2 Å². The highest BCUT2D eigenvalue weighted by Crippen LogP contribution is 2.45. The summed E-state index contributed by atoms with van der Waals surface area (Å²) >= 11 is 1.34. The van der Waals surface area contributed by atoms with E-state index in [4.69, 9.17) is 9.72 Å². The van der Waals surface area contributed by atoms with Crippen LogP contribution in [0.15, 0.2) is 73.0 Å². The number of aliphatic hydroxyl groups excluding tert-OH is 1. The van der Waals surface area contributed by atoms with E-state index in [-0.39, 0.29) is 17.0 Å². The third kappa shape index (κ3) is 4.29. The van der Waals surface area contributed by atoms with Crippen LogP contribution in [0, 0.1) is 27.7 Å². The number of Topliss-reactive ketones (excluding diaryl/α,β-unsaturated/α-hetero) is 1. The lowest BCUT2D eigenvalue weighted by Crippen LogP contribution is -2.29. The van der Waals surface area contributed by atoms with E-state index in [1.165, 1.54) is 16.2 Å². The maximum absolute atomic E-state index is 13.7. The van der Waals surface area contributed by atoms with E-state index in [9.17, 15) is 14.7 Å². The largest absolute Gasteiger partial charge is 0.505 e. The average Bonchev–Trinajstić information content (AvgIpc) is 3.60. The van der Waals surface area contributed by atoms with Crippen molar-refractivity contribution in [2.75, 3.05) is 11.5 Å². The van der Waals surface area contributed by atoms with Crippen LogP contribution in [0.3, 0.4) is 0 Å². The van der Waals surface area contributed by atoms with Gasteiger partial charge in [0.2, 0.25) is 0 Å². The van der Waals surface area contributed by atoms with Gasteiger partial charge in [-0.1, -0.05) is 48.3 Å². The Hall–Kier alpha value is -4.76. The first-order valence-electron chi connectivity index (χ1n) is 13.2. The number of rotatable bonds is 6. The van der Waals surface area contributed by atoms with E-state index in [2.05, 4.69) is 11.6 Å². The molecule has 9 heteroatoms. The van der Waals surface area contributed by atoms with Gasteiger partial charge in [0, 0.05) is 6.20 Å². The van der Waals surface area contributed by atoms with Gasteiger partial charge in [0.25, 0.3) is 5.78 Å². The third-order valence-corrected chi connectivity index (χ3v) is 8.34. The Morgan fingerprint density at radius 1 is 1.07 bits per heavy atom. The van der Waals surface area contributed by atoms with Gasteiger partial charge in [-0.25, -0.2) is 9.97 Å². The van der Waals surface area contributed by atoms with Gasteiger partial charge in [-0.2, -0.15) is 0 Å². The molecule has 1 atom stereocenters. The van der Waals surface area contributed by atoms with Gasteiger partial charge in [0.15, 0.2) is 10.9 Å². The zero-order valence-electron chi connectivity index (χ0n) is 23.1. The molecule has 1 saturated heterocycles. The molecule has 0 radical (unpaired) electrons. The molecule has 1 amide bonds. The number of pyridine rings is 1. The fourth-order valence-electron chi connectivity index (χ4n) is 5.38. The molecule has 4 heterocycles. The van der Waals surface area contributed by atoms with Gasteiger partial charge in [-0.15, -0.1) is 0 Å². The first-order chi connectivity index (χ1) is 19.7. The zero-order chi connectivity index (χ0) is 29.0. The average molecular weight is 565 g/mol. The minimum absolute atomic E-state index is 0.0360. The summed E-state index contributed by atoms with van der Waals surface area (Å²) in [6, 6.07) is 14.1. The summed E-state index contributed by atoms with van der Waals surface area (Å²) in [6.07, 6.45) is 3.50. The molecule has 0 spiro atoms. The number of aryl methyl sites for hydroxylation is 4. The molecular formula is C32H28N4O4S. The van der Waals surface area contributed by atoms with Crippen LogP contribution in [0.4, 0.5) is 5.13 Å². The number of amides is 1. The maximum atomic E-state index is 13.7. The van der Waals surface area contributed by atoms with Crippen molar-refractivity contribution in [2.24, 2.45) is 0 Å². The fourth-order valence-corrected chi connectivity index (χ4v) is 6.55. The zero-order valence-corrected chi connectivity index (χ0v) is 24.0. The number of imidazole rings is 1. The molecule has 206 valence electrons. The molecule has 1 aliphatic heterocycles. The normalized spacial score (nSPS) is 16.7. The van der Waals surface area contributed by atoms with Crippen LogP contribution in [-0.2, 0) is 9.59 Å². The van der Waals surface area contributed by atoms with Gasteiger partial charge in [0.1, 0.15) is 23.7 Å². The predicted molar refractivity (Wildman–Crippen MR) is 161 cm³/mol. The number of ketones is 1. The third-order valence-electron chi connectivity index (χ3n) is 7.34. The molecule has 0 saturated carbocycles. The smallest absolute Gasteiger partial charge is 0.301 e. The predicted octanol–water partition coefficient (Wildman–Crippen LogP) is 6.37. The van der Waals surface area contributed by atoms with Crippen LogP contribution in [-0.4, -0.2) is 37.8 Å². The Labute approximate surface area is 240 Å². The number of hydrogen-bond acceptors (Lipinski definition) is 7. The molecule has 6 rings (SSSR count). The molecule has 0 aliphatic carbocycles. The first kappa shape index (κ1) is 26.5. The number of benzene rings is 2. The Kier molecular flexibility index (Phi) is 6.46. The summed E-state index contributed by atoms with van der Waals surface area (Å²) in [7, 11) is 0. The number of ether oxygens (including phenoxy) is 1. The number of fused-ring (bicyclic) bond motifs is 2. The van der Waals surface area contributed by atoms with Crippen molar-refractivity contribution in [2.45, 2.75) is 33.7 Å². The van der Waals surface area contributed by atoms with Crippen LogP contribution in [0.25, 0.3) is 21.6 Å². The summed E-state index contributed by atoms with van der Waals surface area (Å²) < 4.78 is 8.42. The van der Waals surface area contributed by atoms with E-state index in [0.717, 1.165) is 26.9 Å². The number of thiazole rings is 1. The van der Waals surface area contributed by atoms with Crippen molar-refractivity contribution < 1.29 is 19.4 Å². The molecule has 1 unspecified atom stereocenters. The number of carbonyl (C=O) groups excluding carboxylic acids is 2. The van der Waals surface area contributed by atoms with Gasteiger partial charge >= 0.3 is 5.91 Å². The monoisotopic (exact) mass is 564 g/mol. The van der Waals surface area contributed by atoms with Crippen LogP contribution in [0.5, 0.6) is 5.75 Å². The topological polar surface area (TPSA) is 97.0 Å². The summed E-state index contributed by atoms with van der Waals surface area (Å²) in [4.78, 5) is 38.3. The van der Waals surface area contributed by atoms with Gasteiger partial charge in [-0.3, -0.25) is 14.5 Å². The fraction of sp³-hybridized carbons (Fsp3) is 0.188. The molecule has 1 fully saturated rings. The van der Waals surface area contributed by atoms with E-state index < -0.39 is 17.7 Å². The van der Waals surface area contributed by atoms with E-state index in [1.807, 2.05) is 62.6 Å². The first-order valence-corrected chi connectivity index (χ1v) is 14.0. The Bertz CT molecular complexity index is 1920. The van der Waals surface area contributed by atoms with Gasteiger partial charge in [0.05, 0.1) is 27.5 Å². The molecule has 2 aromatic carbocycles. The SMILES string of the molecule is C=CCOc1ccc(C2C(=C(O)c3nc4c(C)cccn4c3C)C(=O)C(=O)N2c2nc3c(C)cc(C)cc3s2)cc1. The molecule has 0 bridgehead atoms. The molecule has 8 nitrogen and oxygen atoms in total. The van der Waals surface area contributed by atoms with E-state index in [0.29, 0.717) is 34.4 Å². The molecule has 41 heavy (non-hydrogen) atoms. The van der Waals surface area contributed by atoms with Crippen molar-refractivity contribution in [1.29, 1.82) is 0 Å². The van der Waals surface area contributed by atoms with Crippen molar-refractivity contribution in [3.63, 3.8) is 0 Å². The lowest BCUT2D eigenvalue weighted by Gasteiger charge is -2.23. The Morgan fingerprint density at radius 2 is 1.83 bits per heavy atom. The molecule has 1 N–H and O–H groups in total. The standard InChI is InChI=1S/C32H28N4O4S/c1-6-14-40-22-11-9-21(10-12-22)27-24(28(37)26-20(5)35-13-7-8-18(3)30(35)33-26)29(38)31(39)36(27)32-34-25-19(4)15-17(2)16-23(25)41-32/h6-13,15-16,27,37H,1,14H2,2-5H3. The van der Waals surface area contributed by atoms with E-state index >= 15 is 0 Å². The van der Waals surface area contributed by atoms with Crippen LogP contribution < -0.4 is 9.64 Å². The highest BCUT2D eigenvalue weighted by Gasteiger charge is 2.48.